The number of hydrogen-bond acceptors (Lipinski definition) is 4. The van der Waals surface area contributed by atoms with Crippen LogP contribution in [0.5, 0.6) is 5.88 Å². The maximum atomic E-state index is 12.4. The lowest BCUT2D eigenvalue weighted by Gasteiger charge is -1.99. The molecule has 0 amide bonds. The van der Waals surface area contributed by atoms with Crippen molar-refractivity contribution >= 4 is 5.97 Å². The van der Waals surface area contributed by atoms with Crippen molar-refractivity contribution < 1.29 is 15.0 Å². The highest BCUT2D eigenvalue weighted by Gasteiger charge is 2.05. The lowest BCUT2D eigenvalue weighted by atomic mass is 10.1. The third-order valence-corrected chi connectivity index (χ3v) is 3.93. The normalized spacial score (nSPS) is 9.66. The Morgan fingerprint density at radius 2 is 1.62 bits per heavy atom. The molecule has 0 saturated heterocycles. The van der Waals surface area contributed by atoms with Gasteiger partial charge in [0.2, 0.25) is 5.88 Å². The molecule has 3 rings (SSSR count). The number of carboxylic acids is 1. The van der Waals surface area contributed by atoms with Gasteiger partial charge in [0.1, 0.15) is 0 Å². The van der Waals surface area contributed by atoms with E-state index in [9.17, 15) is 14.7 Å². The number of benzene rings is 2. The molecule has 0 aliphatic carbocycles. The molecule has 0 unspecified atom stereocenters. The number of nitrogens with zero attached hydrogens (tertiary/aromatic N) is 2. The zero-order valence-electron chi connectivity index (χ0n) is 15.3. The molecule has 1 aromatic heterocycles. The van der Waals surface area contributed by atoms with Crippen LogP contribution in [0.25, 0.3) is 0 Å². The molecule has 6 heteroatoms. The second-order valence-corrected chi connectivity index (χ2v) is 6.05. The lowest BCUT2D eigenvalue weighted by molar-refractivity contribution is 0.0697. The van der Waals surface area contributed by atoms with E-state index in [1.807, 2.05) is 30.3 Å². The summed E-state index contributed by atoms with van der Waals surface area (Å²) in [4.78, 5) is 27.1. The van der Waals surface area contributed by atoms with Crippen molar-refractivity contribution in [3.63, 3.8) is 0 Å². The first-order valence-corrected chi connectivity index (χ1v) is 8.69. The maximum absolute atomic E-state index is 12.4. The number of aromatic hydroxyl groups is 1. The van der Waals surface area contributed by atoms with Crippen LogP contribution in [-0.2, 0) is 12.8 Å². The molecular formula is C23H16N2O4. The number of hydrogen-bond donors (Lipinski definition) is 2. The van der Waals surface area contributed by atoms with Gasteiger partial charge in [-0.15, -0.1) is 0 Å². The van der Waals surface area contributed by atoms with E-state index in [0.29, 0.717) is 12.8 Å². The summed E-state index contributed by atoms with van der Waals surface area (Å²) in [7, 11) is 0. The molecule has 0 aliphatic rings. The fraction of sp³-hybridized carbons (Fsp3) is 0.0870. The highest BCUT2D eigenvalue weighted by atomic mass is 16.4. The van der Waals surface area contributed by atoms with E-state index in [-0.39, 0.29) is 17.1 Å². The minimum absolute atomic E-state index is 0.0824. The van der Waals surface area contributed by atoms with Crippen molar-refractivity contribution in [2.24, 2.45) is 0 Å². The van der Waals surface area contributed by atoms with Gasteiger partial charge in [0.25, 0.3) is 5.56 Å². The van der Waals surface area contributed by atoms with Crippen LogP contribution in [0.4, 0.5) is 0 Å². The summed E-state index contributed by atoms with van der Waals surface area (Å²) in [5.74, 6) is 7.04. The van der Waals surface area contributed by atoms with Crippen LogP contribution in [0.1, 0.15) is 27.2 Å². The van der Waals surface area contributed by atoms with Gasteiger partial charge in [-0.25, -0.2) is 9.36 Å². The summed E-state index contributed by atoms with van der Waals surface area (Å²) in [6, 6.07) is 18.5. The number of aromatic nitrogens is 2. The molecule has 29 heavy (non-hydrogen) atoms. The van der Waals surface area contributed by atoms with Crippen LogP contribution in [0.15, 0.2) is 65.6 Å². The first-order chi connectivity index (χ1) is 14.0. The first-order valence-electron chi connectivity index (χ1n) is 8.69. The highest BCUT2D eigenvalue weighted by Crippen LogP contribution is 2.05. The van der Waals surface area contributed by atoms with E-state index in [0.717, 1.165) is 21.9 Å². The Bertz CT molecular complexity index is 1210. The van der Waals surface area contributed by atoms with Gasteiger partial charge in [0, 0.05) is 18.9 Å². The van der Waals surface area contributed by atoms with Crippen molar-refractivity contribution in [1.29, 1.82) is 0 Å². The predicted molar refractivity (Wildman–Crippen MR) is 107 cm³/mol. The minimum Gasteiger partial charge on any atom is -0.492 e. The highest BCUT2D eigenvalue weighted by molar-refractivity contribution is 5.87. The molecule has 0 fully saturated rings. The quantitative estimate of drug-likeness (QED) is 0.676. The summed E-state index contributed by atoms with van der Waals surface area (Å²) in [6.45, 7) is 0. The van der Waals surface area contributed by atoms with Crippen molar-refractivity contribution in [3.05, 3.63) is 93.5 Å². The molecule has 1 heterocycles. The Hall–Kier alpha value is -4.29. The van der Waals surface area contributed by atoms with Gasteiger partial charge in [-0.2, -0.15) is 4.98 Å². The van der Waals surface area contributed by atoms with Gasteiger partial charge in [-0.3, -0.25) is 4.79 Å². The van der Waals surface area contributed by atoms with Crippen molar-refractivity contribution in [1.82, 2.24) is 9.55 Å². The zero-order valence-corrected chi connectivity index (χ0v) is 15.3. The third kappa shape index (κ3) is 5.35. The van der Waals surface area contributed by atoms with Gasteiger partial charge in [0.15, 0.2) is 5.69 Å². The fourth-order valence-electron chi connectivity index (χ4n) is 2.46. The summed E-state index contributed by atoms with van der Waals surface area (Å²) in [5, 5.41) is 18.7. The van der Waals surface area contributed by atoms with Crippen molar-refractivity contribution in [2.75, 3.05) is 0 Å². The fourth-order valence-corrected chi connectivity index (χ4v) is 2.46. The van der Waals surface area contributed by atoms with E-state index in [1.54, 1.807) is 12.1 Å². The Labute approximate surface area is 167 Å². The van der Waals surface area contributed by atoms with E-state index >= 15 is 0 Å². The second-order valence-electron chi connectivity index (χ2n) is 6.05. The van der Waals surface area contributed by atoms with E-state index in [4.69, 9.17) is 5.11 Å². The Balaban J connectivity index is 1.76. The molecule has 0 radical (unpaired) electrons. The molecule has 0 aliphatic heterocycles. The van der Waals surface area contributed by atoms with Crippen LogP contribution in [0.3, 0.4) is 0 Å². The summed E-state index contributed by atoms with van der Waals surface area (Å²) >= 11 is 0. The largest absolute Gasteiger partial charge is 0.492 e. The van der Waals surface area contributed by atoms with Gasteiger partial charge in [0.05, 0.1) is 11.8 Å². The molecule has 142 valence electrons. The Kier molecular flexibility index (Phi) is 6.09. The van der Waals surface area contributed by atoms with E-state index < -0.39 is 11.5 Å². The second kappa shape index (κ2) is 9.07. The van der Waals surface area contributed by atoms with E-state index in [1.165, 1.54) is 12.1 Å². The monoisotopic (exact) mass is 384 g/mol. The van der Waals surface area contributed by atoms with Gasteiger partial charge >= 0.3 is 5.97 Å². The van der Waals surface area contributed by atoms with Crippen molar-refractivity contribution in [3.8, 4) is 29.7 Å². The molecule has 6 nitrogen and oxygen atoms in total. The van der Waals surface area contributed by atoms with Crippen LogP contribution in [0, 0.1) is 23.8 Å². The van der Waals surface area contributed by atoms with Gasteiger partial charge < -0.3 is 10.2 Å². The molecular weight excluding hydrogens is 368 g/mol. The SMILES string of the molecule is O=C(O)c1ccc(CC#Cn2cc(O)nc(C#CCc3ccccc3)c2=O)cc1. The summed E-state index contributed by atoms with van der Waals surface area (Å²) in [6.07, 6.45) is 1.89. The van der Waals surface area contributed by atoms with Crippen LogP contribution in [0.2, 0.25) is 0 Å². The molecule has 0 saturated carbocycles. The van der Waals surface area contributed by atoms with Crippen LogP contribution >= 0.6 is 0 Å². The van der Waals surface area contributed by atoms with Crippen LogP contribution in [-0.4, -0.2) is 25.7 Å². The van der Waals surface area contributed by atoms with Crippen molar-refractivity contribution in [2.45, 2.75) is 12.8 Å². The maximum Gasteiger partial charge on any atom is 0.335 e. The standard InChI is InChI=1S/C23H16N2O4/c26-21-16-25(15-5-9-18-11-13-19(14-12-18)23(28)29)22(27)20(24-21)10-4-8-17-6-2-1-3-7-17/h1-3,6-7,11-14,16,26H,8-9H2,(H,28,29). The Morgan fingerprint density at radius 1 is 0.966 bits per heavy atom. The number of rotatable bonds is 3. The van der Waals surface area contributed by atoms with Gasteiger partial charge in [-0.05, 0) is 29.2 Å². The van der Waals surface area contributed by atoms with Crippen LogP contribution < -0.4 is 5.56 Å². The topological polar surface area (TPSA) is 92.4 Å². The molecule has 0 spiro atoms. The zero-order chi connectivity index (χ0) is 20.6. The molecule has 3 aromatic rings. The number of aromatic carboxylic acids is 1. The first kappa shape index (κ1) is 19.5. The number of carbonyl (C=O) groups is 1. The summed E-state index contributed by atoms with van der Waals surface area (Å²) in [5.41, 5.74) is 1.40. The smallest absolute Gasteiger partial charge is 0.335 e. The predicted octanol–water partition coefficient (Wildman–Crippen LogP) is 2.29. The summed E-state index contributed by atoms with van der Waals surface area (Å²) < 4.78 is 1.04. The minimum atomic E-state index is -0.998. The molecule has 2 aromatic carbocycles. The number of carboxylic acid groups (broad SMARTS) is 1. The average Bonchev–Trinajstić information content (AvgIpc) is 2.72. The lowest BCUT2D eigenvalue weighted by Crippen LogP contribution is -2.20. The average molecular weight is 384 g/mol. The third-order valence-electron chi connectivity index (χ3n) is 3.93. The Morgan fingerprint density at radius 3 is 2.31 bits per heavy atom. The van der Waals surface area contributed by atoms with Gasteiger partial charge in [-0.1, -0.05) is 54.3 Å². The molecule has 0 bridgehead atoms. The van der Waals surface area contributed by atoms with E-state index in [2.05, 4.69) is 28.8 Å². The molecule has 0 atom stereocenters. The molecule has 2 N–H and O–H groups in total.